The van der Waals surface area contributed by atoms with Gasteiger partial charge in [-0.25, -0.2) is 9.18 Å². The number of aryl methyl sites for hydroxylation is 1. The summed E-state index contributed by atoms with van der Waals surface area (Å²) in [5, 5.41) is 20.6. The molecule has 37 heavy (non-hydrogen) atoms. The third-order valence-electron chi connectivity index (χ3n) is 6.38. The second kappa shape index (κ2) is 10.2. The minimum absolute atomic E-state index is 0.133. The van der Waals surface area contributed by atoms with E-state index in [1.54, 1.807) is 16.5 Å². The fourth-order valence-electron chi connectivity index (χ4n) is 4.68. The van der Waals surface area contributed by atoms with Gasteiger partial charge in [0.15, 0.2) is 12.4 Å². The number of carboxylic acid groups (broad SMARTS) is 1. The molecule has 188 valence electrons. The maximum atomic E-state index is 14.4. The maximum Gasteiger partial charge on any atom is 0.341 e. The van der Waals surface area contributed by atoms with Crippen LogP contribution in [0.3, 0.4) is 0 Å². The molecule has 0 bridgehead atoms. The predicted octanol–water partition coefficient (Wildman–Crippen LogP) is 3.29. The van der Waals surface area contributed by atoms with Crippen molar-refractivity contribution in [3.05, 3.63) is 101 Å². The van der Waals surface area contributed by atoms with Gasteiger partial charge >= 0.3 is 5.97 Å². The average Bonchev–Trinajstić information content (AvgIpc) is 3.33. The smallest absolute Gasteiger partial charge is 0.341 e. The molecule has 3 aromatic carbocycles. The molecule has 1 aromatic heterocycles. The fourth-order valence-corrected chi connectivity index (χ4v) is 4.68. The largest absolute Gasteiger partial charge is 0.482 e. The SMILES string of the molecule is Cc1nnnn1-c1ccc(CC(=O)N2CCc3ccccc3C2c2cc(F)ccc2OCC(=O)O)cc1. The number of rotatable bonds is 7. The predicted molar refractivity (Wildman–Crippen MR) is 131 cm³/mol. The van der Waals surface area contributed by atoms with Gasteiger partial charge in [-0.2, -0.15) is 4.68 Å². The molecule has 10 heteroatoms. The van der Waals surface area contributed by atoms with E-state index in [2.05, 4.69) is 15.5 Å². The van der Waals surface area contributed by atoms with Gasteiger partial charge in [0.1, 0.15) is 11.6 Å². The van der Waals surface area contributed by atoms with E-state index in [-0.39, 0.29) is 18.1 Å². The Morgan fingerprint density at radius 2 is 1.86 bits per heavy atom. The molecule has 0 spiro atoms. The van der Waals surface area contributed by atoms with Gasteiger partial charge in [0.05, 0.1) is 18.2 Å². The maximum absolute atomic E-state index is 14.4. The van der Waals surface area contributed by atoms with Crippen LogP contribution in [0.1, 0.15) is 34.1 Å². The van der Waals surface area contributed by atoms with Gasteiger partial charge in [-0.05, 0) is 70.8 Å². The molecule has 1 N–H and O–H groups in total. The van der Waals surface area contributed by atoms with Crippen molar-refractivity contribution in [2.75, 3.05) is 13.2 Å². The molecule has 1 atom stereocenters. The van der Waals surface area contributed by atoms with Crippen LogP contribution in [0, 0.1) is 12.7 Å². The summed E-state index contributed by atoms with van der Waals surface area (Å²) in [5.74, 6) is -0.910. The molecular formula is C27H24FN5O4. The highest BCUT2D eigenvalue weighted by Gasteiger charge is 2.34. The summed E-state index contributed by atoms with van der Waals surface area (Å²) in [6, 6.07) is 18.4. The van der Waals surface area contributed by atoms with Gasteiger partial charge in [-0.3, -0.25) is 4.79 Å². The van der Waals surface area contributed by atoms with Crippen molar-refractivity contribution in [2.24, 2.45) is 0 Å². The second-order valence-corrected chi connectivity index (χ2v) is 8.78. The highest BCUT2D eigenvalue weighted by molar-refractivity contribution is 5.80. The Morgan fingerprint density at radius 1 is 1.08 bits per heavy atom. The molecule has 1 amide bonds. The molecule has 4 aromatic rings. The number of benzene rings is 3. The van der Waals surface area contributed by atoms with E-state index in [4.69, 9.17) is 9.84 Å². The van der Waals surface area contributed by atoms with Crippen molar-refractivity contribution >= 4 is 11.9 Å². The Balaban J connectivity index is 1.47. The van der Waals surface area contributed by atoms with Gasteiger partial charge in [0.2, 0.25) is 5.91 Å². The number of hydrogen-bond acceptors (Lipinski definition) is 6. The Morgan fingerprint density at radius 3 is 2.59 bits per heavy atom. The number of amides is 1. The highest BCUT2D eigenvalue weighted by Crippen LogP contribution is 2.40. The van der Waals surface area contributed by atoms with Gasteiger partial charge in [0, 0.05) is 12.1 Å². The molecular weight excluding hydrogens is 477 g/mol. The van der Waals surface area contributed by atoms with E-state index < -0.39 is 24.4 Å². The molecule has 1 aliphatic rings. The van der Waals surface area contributed by atoms with Crippen molar-refractivity contribution in [2.45, 2.75) is 25.8 Å². The standard InChI is InChI=1S/C27H24FN5O4/c1-17-29-30-31-33(17)21-9-6-18(7-10-21)14-25(34)32-13-12-19-4-2-3-5-22(19)27(32)23-15-20(28)8-11-24(23)37-16-26(35)36/h2-11,15,27H,12-14,16H2,1H3,(H,35,36). The summed E-state index contributed by atoms with van der Waals surface area (Å²) in [5.41, 5.74) is 3.90. The van der Waals surface area contributed by atoms with Crippen LogP contribution in [-0.2, 0) is 22.4 Å². The van der Waals surface area contributed by atoms with Crippen molar-refractivity contribution in [3.8, 4) is 11.4 Å². The van der Waals surface area contributed by atoms with Crippen molar-refractivity contribution in [1.29, 1.82) is 0 Å². The number of carbonyl (C=O) groups is 2. The van der Waals surface area contributed by atoms with Crippen LogP contribution in [0.2, 0.25) is 0 Å². The van der Waals surface area contributed by atoms with Crippen molar-refractivity contribution in [1.82, 2.24) is 25.1 Å². The van der Waals surface area contributed by atoms with Crippen LogP contribution in [0.15, 0.2) is 66.7 Å². The first-order valence-corrected chi connectivity index (χ1v) is 11.8. The monoisotopic (exact) mass is 501 g/mol. The lowest BCUT2D eigenvalue weighted by Gasteiger charge is -2.38. The number of aliphatic carboxylic acids is 1. The number of carboxylic acids is 1. The first-order valence-electron chi connectivity index (χ1n) is 11.8. The van der Waals surface area contributed by atoms with Crippen LogP contribution >= 0.6 is 0 Å². The van der Waals surface area contributed by atoms with Crippen LogP contribution in [-0.4, -0.2) is 55.2 Å². The number of carbonyl (C=O) groups excluding carboxylic acids is 1. The van der Waals surface area contributed by atoms with Crippen molar-refractivity contribution < 1.29 is 23.8 Å². The average molecular weight is 502 g/mol. The quantitative estimate of drug-likeness (QED) is 0.414. The Bertz CT molecular complexity index is 1450. The number of ether oxygens (including phenoxy) is 1. The zero-order chi connectivity index (χ0) is 25.9. The Hall–Kier alpha value is -4.60. The molecule has 0 saturated carbocycles. The van der Waals surface area contributed by atoms with E-state index in [1.165, 1.54) is 18.2 Å². The molecule has 2 heterocycles. The summed E-state index contributed by atoms with van der Waals surface area (Å²) < 4.78 is 21.6. The number of halogens is 1. The minimum Gasteiger partial charge on any atom is -0.482 e. The number of fused-ring (bicyclic) bond motifs is 1. The van der Waals surface area contributed by atoms with Gasteiger partial charge in [-0.1, -0.05) is 36.4 Å². The molecule has 0 saturated heterocycles. The Kier molecular flexibility index (Phi) is 6.63. The first kappa shape index (κ1) is 24.1. The number of aromatic nitrogens is 4. The number of tetrazole rings is 1. The molecule has 1 unspecified atom stereocenters. The highest BCUT2D eigenvalue weighted by atomic mass is 19.1. The summed E-state index contributed by atoms with van der Waals surface area (Å²) in [6.45, 7) is 1.65. The summed E-state index contributed by atoms with van der Waals surface area (Å²) in [6.07, 6.45) is 0.782. The molecule has 0 aliphatic carbocycles. The van der Waals surface area contributed by atoms with Gasteiger partial charge in [-0.15, -0.1) is 5.10 Å². The second-order valence-electron chi connectivity index (χ2n) is 8.78. The van der Waals surface area contributed by atoms with E-state index in [1.807, 2.05) is 48.5 Å². The minimum atomic E-state index is -1.15. The van der Waals surface area contributed by atoms with E-state index in [0.717, 1.165) is 22.4 Å². The molecule has 0 radical (unpaired) electrons. The fraction of sp³-hybridized carbons (Fsp3) is 0.222. The van der Waals surface area contributed by atoms with Gasteiger partial charge < -0.3 is 14.7 Å². The van der Waals surface area contributed by atoms with Crippen LogP contribution in [0.4, 0.5) is 4.39 Å². The number of hydrogen-bond donors (Lipinski definition) is 1. The van der Waals surface area contributed by atoms with Crippen molar-refractivity contribution in [3.63, 3.8) is 0 Å². The van der Waals surface area contributed by atoms with Crippen LogP contribution < -0.4 is 4.74 Å². The molecule has 5 rings (SSSR count). The van der Waals surface area contributed by atoms with Crippen LogP contribution in [0.5, 0.6) is 5.75 Å². The zero-order valence-electron chi connectivity index (χ0n) is 20.0. The normalized spacial score (nSPS) is 14.8. The summed E-state index contributed by atoms with van der Waals surface area (Å²) in [4.78, 5) is 26.5. The van der Waals surface area contributed by atoms with E-state index in [9.17, 15) is 14.0 Å². The lowest BCUT2D eigenvalue weighted by molar-refractivity contribution is -0.139. The first-order chi connectivity index (χ1) is 17.9. The molecule has 1 aliphatic heterocycles. The third-order valence-corrected chi connectivity index (χ3v) is 6.38. The Labute approximate surface area is 212 Å². The lowest BCUT2D eigenvalue weighted by atomic mass is 9.87. The summed E-state index contributed by atoms with van der Waals surface area (Å²) >= 11 is 0. The lowest BCUT2D eigenvalue weighted by Crippen LogP contribution is -2.41. The summed E-state index contributed by atoms with van der Waals surface area (Å²) in [7, 11) is 0. The number of nitrogens with zero attached hydrogens (tertiary/aromatic N) is 5. The van der Waals surface area contributed by atoms with E-state index in [0.29, 0.717) is 24.4 Å². The molecule has 9 nitrogen and oxygen atoms in total. The third kappa shape index (κ3) is 5.04. The molecule has 0 fully saturated rings. The van der Waals surface area contributed by atoms with E-state index >= 15 is 0 Å². The topological polar surface area (TPSA) is 110 Å². The zero-order valence-corrected chi connectivity index (χ0v) is 20.0. The van der Waals surface area contributed by atoms with Gasteiger partial charge in [0.25, 0.3) is 0 Å². The van der Waals surface area contributed by atoms with Crippen LogP contribution in [0.25, 0.3) is 5.69 Å².